The van der Waals surface area contributed by atoms with Gasteiger partial charge in [-0.15, -0.1) is 0 Å². The lowest BCUT2D eigenvalue weighted by atomic mass is 9.92. The molecular weight excluding hydrogens is 184 g/mol. The van der Waals surface area contributed by atoms with Crippen LogP contribution < -0.4 is 11.1 Å². The highest BCUT2D eigenvalue weighted by molar-refractivity contribution is 5.34. The molecule has 82 valence electrons. The summed E-state index contributed by atoms with van der Waals surface area (Å²) in [6.45, 7) is 3.91. The Balaban J connectivity index is 2.16. The van der Waals surface area contributed by atoms with E-state index in [9.17, 15) is 0 Å². The topological polar surface area (TPSA) is 38.0 Å². The second-order valence-corrected chi connectivity index (χ2v) is 4.38. The van der Waals surface area contributed by atoms with Gasteiger partial charge in [0.05, 0.1) is 0 Å². The number of hydrogen-bond donors (Lipinski definition) is 2. The average molecular weight is 204 g/mol. The molecule has 15 heavy (non-hydrogen) atoms. The van der Waals surface area contributed by atoms with Crippen LogP contribution in [0.2, 0.25) is 0 Å². The molecule has 0 spiro atoms. The summed E-state index contributed by atoms with van der Waals surface area (Å²) in [5.41, 5.74) is 9.86. The number of nitrogens with one attached hydrogen (secondary N) is 1. The number of fused-ring (bicyclic) bond motifs is 1. The van der Waals surface area contributed by atoms with E-state index in [-0.39, 0.29) is 0 Å². The van der Waals surface area contributed by atoms with Crippen LogP contribution in [0, 0.1) is 0 Å². The molecule has 1 aliphatic heterocycles. The fourth-order valence-electron chi connectivity index (χ4n) is 2.31. The predicted molar refractivity (Wildman–Crippen MR) is 63.6 cm³/mol. The molecule has 1 aromatic rings. The summed E-state index contributed by atoms with van der Waals surface area (Å²) in [5.74, 6) is 0. The van der Waals surface area contributed by atoms with E-state index < -0.39 is 0 Å². The molecule has 0 fully saturated rings. The first-order valence-corrected chi connectivity index (χ1v) is 5.87. The zero-order valence-corrected chi connectivity index (χ0v) is 9.42. The van der Waals surface area contributed by atoms with Gasteiger partial charge in [0.25, 0.3) is 0 Å². The lowest BCUT2D eigenvalue weighted by Gasteiger charge is -2.26. The maximum absolute atomic E-state index is 5.66. The number of nitrogens with two attached hydrogens (primary N) is 1. The van der Waals surface area contributed by atoms with Gasteiger partial charge in [-0.25, -0.2) is 0 Å². The van der Waals surface area contributed by atoms with Gasteiger partial charge < -0.3 is 11.1 Å². The lowest BCUT2D eigenvalue weighted by molar-refractivity contribution is 0.448. The molecule has 2 heteroatoms. The summed E-state index contributed by atoms with van der Waals surface area (Å²) < 4.78 is 0. The van der Waals surface area contributed by atoms with Gasteiger partial charge in [0.1, 0.15) is 0 Å². The average Bonchev–Trinajstić information content (AvgIpc) is 2.28. The third-order valence-electron chi connectivity index (χ3n) is 3.19. The molecule has 1 heterocycles. The predicted octanol–water partition coefficient (Wildman–Crippen LogP) is 1.96. The molecular formula is C13H20N2. The Labute approximate surface area is 91.9 Å². The quantitative estimate of drug-likeness (QED) is 0.790. The van der Waals surface area contributed by atoms with E-state index in [4.69, 9.17) is 5.73 Å². The first kappa shape index (κ1) is 10.7. The first-order chi connectivity index (χ1) is 7.33. The Morgan fingerprint density at radius 3 is 3.00 bits per heavy atom. The molecule has 0 saturated heterocycles. The zero-order valence-electron chi connectivity index (χ0n) is 9.42. The Morgan fingerprint density at radius 2 is 2.27 bits per heavy atom. The maximum atomic E-state index is 5.66. The van der Waals surface area contributed by atoms with Crippen molar-refractivity contribution in [1.29, 1.82) is 0 Å². The Hall–Kier alpha value is -0.860. The van der Waals surface area contributed by atoms with E-state index in [0.717, 1.165) is 13.0 Å². The van der Waals surface area contributed by atoms with Crippen LogP contribution in [-0.2, 0) is 19.5 Å². The largest absolute Gasteiger partial charge is 0.326 e. The van der Waals surface area contributed by atoms with Crippen molar-refractivity contribution in [2.45, 2.75) is 45.3 Å². The van der Waals surface area contributed by atoms with Crippen molar-refractivity contribution in [3.63, 3.8) is 0 Å². The van der Waals surface area contributed by atoms with Gasteiger partial charge in [0, 0.05) is 19.1 Å². The number of hydrogen-bond acceptors (Lipinski definition) is 2. The molecule has 0 bridgehead atoms. The van der Waals surface area contributed by atoms with Gasteiger partial charge in [0.2, 0.25) is 0 Å². The molecule has 0 aliphatic carbocycles. The standard InChI is InChI=1S/C13H20N2/c1-2-3-13-7-12-6-10(8-14)4-5-11(12)9-15-13/h4-6,13,15H,2-3,7-9,14H2,1H3. The van der Waals surface area contributed by atoms with E-state index in [2.05, 4.69) is 30.4 Å². The second-order valence-electron chi connectivity index (χ2n) is 4.38. The number of benzene rings is 1. The Kier molecular flexibility index (Phi) is 3.39. The van der Waals surface area contributed by atoms with Crippen LogP contribution in [0.5, 0.6) is 0 Å². The molecule has 0 radical (unpaired) electrons. The summed E-state index contributed by atoms with van der Waals surface area (Å²) in [7, 11) is 0. The Morgan fingerprint density at radius 1 is 1.40 bits per heavy atom. The Bertz CT molecular complexity index is 333. The van der Waals surface area contributed by atoms with Gasteiger partial charge in [-0.3, -0.25) is 0 Å². The van der Waals surface area contributed by atoms with E-state index in [1.807, 2.05) is 0 Å². The summed E-state index contributed by atoms with van der Waals surface area (Å²) >= 11 is 0. The van der Waals surface area contributed by atoms with E-state index in [0.29, 0.717) is 12.6 Å². The van der Waals surface area contributed by atoms with Crippen LogP contribution >= 0.6 is 0 Å². The molecule has 1 aliphatic rings. The van der Waals surface area contributed by atoms with Gasteiger partial charge in [-0.05, 0) is 29.5 Å². The molecule has 0 aromatic heterocycles. The van der Waals surface area contributed by atoms with Crippen LogP contribution in [0.15, 0.2) is 18.2 Å². The molecule has 0 amide bonds. The van der Waals surface area contributed by atoms with Crippen LogP contribution in [0.25, 0.3) is 0 Å². The van der Waals surface area contributed by atoms with Crippen molar-refractivity contribution in [2.75, 3.05) is 0 Å². The molecule has 1 unspecified atom stereocenters. The molecule has 1 atom stereocenters. The fourth-order valence-corrected chi connectivity index (χ4v) is 2.31. The van der Waals surface area contributed by atoms with Crippen molar-refractivity contribution < 1.29 is 0 Å². The highest BCUT2D eigenvalue weighted by atomic mass is 14.9. The first-order valence-electron chi connectivity index (χ1n) is 5.87. The second kappa shape index (κ2) is 4.77. The summed E-state index contributed by atoms with van der Waals surface area (Å²) in [6.07, 6.45) is 3.69. The summed E-state index contributed by atoms with van der Waals surface area (Å²) in [6, 6.07) is 7.29. The third-order valence-corrected chi connectivity index (χ3v) is 3.19. The molecule has 3 N–H and O–H groups in total. The number of rotatable bonds is 3. The summed E-state index contributed by atoms with van der Waals surface area (Å²) in [4.78, 5) is 0. The van der Waals surface area contributed by atoms with Crippen molar-refractivity contribution in [1.82, 2.24) is 5.32 Å². The van der Waals surface area contributed by atoms with Crippen LogP contribution in [-0.4, -0.2) is 6.04 Å². The van der Waals surface area contributed by atoms with E-state index >= 15 is 0 Å². The van der Waals surface area contributed by atoms with Gasteiger partial charge in [-0.1, -0.05) is 31.5 Å². The highest BCUT2D eigenvalue weighted by Gasteiger charge is 2.16. The van der Waals surface area contributed by atoms with Crippen molar-refractivity contribution >= 4 is 0 Å². The monoisotopic (exact) mass is 204 g/mol. The van der Waals surface area contributed by atoms with Gasteiger partial charge in [-0.2, -0.15) is 0 Å². The molecule has 1 aromatic carbocycles. The minimum atomic E-state index is 0.652. The minimum Gasteiger partial charge on any atom is -0.326 e. The smallest absolute Gasteiger partial charge is 0.0210 e. The van der Waals surface area contributed by atoms with Gasteiger partial charge >= 0.3 is 0 Å². The SMILES string of the molecule is CCCC1Cc2cc(CN)ccc2CN1. The van der Waals surface area contributed by atoms with E-state index in [1.165, 1.54) is 29.5 Å². The van der Waals surface area contributed by atoms with Crippen LogP contribution in [0.3, 0.4) is 0 Å². The van der Waals surface area contributed by atoms with Crippen molar-refractivity contribution in [3.8, 4) is 0 Å². The molecule has 0 saturated carbocycles. The molecule has 2 nitrogen and oxygen atoms in total. The van der Waals surface area contributed by atoms with Crippen LogP contribution in [0.4, 0.5) is 0 Å². The highest BCUT2D eigenvalue weighted by Crippen LogP contribution is 2.20. The van der Waals surface area contributed by atoms with Crippen LogP contribution in [0.1, 0.15) is 36.5 Å². The van der Waals surface area contributed by atoms with Crippen molar-refractivity contribution in [2.24, 2.45) is 5.73 Å². The molecule has 2 rings (SSSR count). The maximum Gasteiger partial charge on any atom is 0.0210 e. The lowest BCUT2D eigenvalue weighted by Crippen LogP contribution is -2.35. The minimum absolute atomic E-state index is 0.652. The van der Waals surface area contributed by atoms with Crippen molar-refractivity contribution in [3.05, 3.63) is 34.9 Å². The third kappa shape index (κ3) is 2.39. The summed E-state index contributed by atoms with van der Waals surface area (Å²) in [5, 5.41) is 3.58. The van der Waals surface area contributed by atoms with E-state index in [1.54, 1.807) is 0 Å². The zero-order chi connectivity index (χ0) is 10.7. The van der Waals surface area contributed by atoms with Gasteiger partial charge in [0.15, 0.2) is 0 Å². The normalized spacial score (nSPS) is 20.0. The fraction of sp³-hybridized carbons (Fsp3) is 0.538.